The molecule has 0 unspecified atom stereocenters. The molecule has 0 amide bonds. The average molecular weight is 280 g/mol. The molecule has 1 aromatic heterocycles. The molecule has 2 rings (SSSR count). The molecule has 1 saturated heterocycles. The third-order valence-electron chi connectivity index (χ3n) is 3.87. The van der Waals surface area contributed by atoms with Crippen molar-refractivity contribution in [3.63, 3.8) is 0 Å². The Labute approximate surface area is 120 Å². The first-order chi connectivity index (χ1) is 9.45. The largest absolute Gasteiger partial charge is 0.475 e. The van der Waals surface area contributed by atoms with E-state index in [1.807, 2.05) is 6.07 Å². The van der Waals surface area contributed by atoms with Gasteiger partial charge in [-0.25, -0.2) is 4.79 Å². The third kappa shape index (κ3) is 3.84. The molecule has 0 bridgehead atoms. The van der Waals surface area contributed by atoms with E-state index in [1.54, 1.807) is 6.92 Å². The zero-order valence-corrected chi connectivity index (χ0v) is 12.6. The van der Waals surface area contributed by atoms with Gasteiger partial charge in [0.25, 0.3) is 0 Å². The number of nitrogens with zero attached hydrogens (tertiary/aromatic N) is 2. The number of hydrogen-bond donors (Lipinski definition) is 1. The van der Waals surface area contributed by atoms with Gasteiger partial charge in [0.15, 0.2) is 0 Å². The average Bonchev–Trinajstić information content (AvgIpc) is 2.72. The highest BCUT2D eigenvalue weighted by Gasteiger charge is 2.21. The third-order valence-corrected chi connectivity index (χ3v) is 3.87. The first-order valence-corrected chi connectivity index (χ1v) is 7.15. The Morgan fingerprint density at radius 2 is 2.10 bits per heavy atom. The van der Waals surface area contributed by atoms with Gasteiger partial charge >= 0.3 is 5.97 Å². The molecule has 1 aliphatic rings. The van der Waals surface area contributed by atoms with Crippen LogP contribution in [-0.4, -0.2) is 54.6 Å². The Kier molecular flexibility index (Phi) is 4.83. The first kappa shape index (κ1) is 15.1. The number of carbonyl (C=O) groups is 1. The second-order valence-electron chi connectivity index (χ2n) is 6.01. The van der Waals surface area contributed by atoms with Gasteiger partial charge in [-0.3, -0.25) is 4.90 Å². The molecule has 0 spiro atoms. The van der Waals surface area contributed by atoms with Crippen molar-refractivity contribution < 1.29 is 14.3 Å². The van der Waals surface area contributed by atoms with Crippen LogP contribution in [0, 0.1) is 12.8 Å². The van der Waals surface area contributed by atoms with Gasteiger partial charge < -0.3 is 14.4 Å². The number of furan rings is 1. The fourth-order valence-electron chi connectivity index (χ4n) is 2.90. The molecular formula is C15H24N2O3. The van der Waals surface area contributed by atoms with Crippen LogP contribution in [0.1, 0.15) is 34.7 Å². The van der Waals surface area contributed by atoms with Gasteiger partial charge in [0.1, 0.15) is 5.76 Å². The van der Waals surface area contributed by atoms with E-state index < -0.39 is 5.97 Å². The second-order valence-corrected chi connectivity index (χ2v) is 6.01. The summed E-state index contributed by atoms with van der Waals surface area (Å²) in [5, 5.41) is 8.99. The van der Waals surface area contributed by atoms with Crippen LogP contribution in [0.4, 0.5) is 0 Å². The van der Waals surface area contributed by atoms with E-state index in [0.29, 0.717) is 12.1 Å². The van der Waals surface area contributed by atoms with Crippen molar-refractivity contribution in [1.82, 2.24) is 9.80 Å². The summed E-state index contributed by atoms with van der Waals surface area (Å²) in [6.45, 7) is 5.75. The number of rotatable bonds is 5. The number of piperidine rings is 1. The summed E-state index contributed by atoms with van der Waals surface area (Å²) < 4.78 is 5.42. The maximum absolute atomic E-state index is 11.0. The minimum atomic E-state index is -0.988. The van der Waals surface area contributed by atoms with Gasteiger partial charge in [0.2, 0.25) is 5.76 Å². The number of aryl methyl sites for hydroxylation is 1. The quantitative estimate of drug-likeness (QED) is 0.894. The molecule has 0 radical (unpaired) electrons. The summed E-state index contributed by atoms with van der Waals surface area (Å²) in [6, 6.07) is 1.84. The van der Waals surface area contributed by atoms with Gasteiger partial charge in [-0.05, 0) is 58.9 Å². The number of likely N-dealkylation sites (tertiary alicyclic amines) is 1. The molecule has 5 heteroatoms. The molecule has 112 valence electrons. The summed E-state index contributed by atoms with van der Waals surface area (Å²) in [4.78, 5) is 15.5. The lowest BCUT2D eigenvalue weighted by molar-refractivity contribution is 0.0656. The summed E-state index contributed by atoms with van der Waals surface area (Å²) in [5.74, 6) is 0.612. The Morgan fingerprint density at radius 1 is 1.45 bits per heavy atom. The normalized spacial score (nSPS) is 17.8. The van der Waals surface area contributed by atoms with Crippen LogP contribution in [0.3, 0.4) is 0 Å². The Balaban J connectivity index is 1.86. The molecule has 0 saturated carbocycles. The lowest BCUT2D eigenvalue weighted by Gasteiger charge is -2.32. The smallest absolute Gasteiger partial charge is 0.372 e. The van der Waals surface area contributed by atoms with Crippen LogP contribution in [0.25, 0.3) is 0 Å². The van der Waals surface area contributed by atoms with Crippen LogP contribution >= 0.6 is 0 Å². The van der Waals surface area contributed by atoms with Crippen molar-refractivity contribution in [2.45, 2.75) is 26.3 Å². The Morgan fingerprint density at radius 3 is 2.60 bits per heavy atom. The van der Waals surface area contributed by atoms with Crippen molar-refractivity contribution in [2.24, 2.45) is 5.92 Å². The van der Waals surface area contributed by atoms with Crippen molar-refractivity contribution in [1.29, 1.82) is 0 Å². The standard InChI is InChI=1S/C15H24N2O3/c1-11-8-13(20-14(11)15(18)19)10-17-6-4-12(5-7-17)9-16(2)3/h8,12H,4-7,9-10H2,1-3H3,(H,18,19). The molecular weight excluding hydrogens is 256 g/mol. The fraction of sp³-hybridized carbons (Fsp3) is 0.667. The van der Waals surface area contributed by atoms with Gasteiger partial charge in [-0.1, -0.05) is 0 Å². The van der Waals surface area contributed by atoms with Crippen molar-refractivity contribution in [3.05, 3.63) is 23.2 Å². The SMILES string of the molecule is Cc1cc(CN2CCC(CN(C)C)CC2)oc1C(=O)O. The molecule has 1 aliphatic heterocycles. The zero-order valence-electron chi connectivity index (χ0n) is 12.6. The minimum absolute atomic E-state index is 0.0718. The van der Waals surface area contributed by atoms with E-state index >= 15 is 0 Å². The Hall–Kier alpha value is -1.33. The highest BCUT2D eigenvalue weighted by Crippen LogP contribution is 2.21. The summed E-state index contributed by atoms with van der Waals surface area (Å²) in [5.41, 5.74) is 0.704. The topological polar surface area (TPSA) is 56.9 Å². The maximum atomic E-state index is 11.0. The minimum Gasteiger partial charge on any atom is -0.475 e. The summed E-state index contributed by atoms with van der Waals surface area (Å²) >= 11 is 0. The predicted molar refractivity (Wildman–Crippen MR) is 77.0 cm³/mol. The molecule has 0 aromatic carbocycles. The lowest BCUT2D eigenvalue weighted by atomic mass is 9.96. The van der Waals surface area contributed by atoms with Crippen LogP contribution in [0.15, 0.2) is 10.5 Å². The van der Waals surface area contributed by atoms with E-state index in [4.69, 9.17) is 9.52 Å². The molecule has 1 N–H and O–H groups in total. The Bertz CT molecular complexity index is 460. The molecule has 20 heavy (non-hydrogen) atoms. The molecule has 1 fully saturated rings. The van der Waals surface area contributed by atoms with Gasteiger partial charge in [0.05, 0.1) is 6.54 Å². The summed E-state index contributed by atoms with van der Waals surface area (Å²) in [6.07, 6.45) is 2.40. The van der Waals surface area contributed by atoms with Gasteiger partial charge in [0, 0.05) is 12.1 Å². The van der Waals surface area contributed by atoms with E-state index in [1.165, 1.54) is 12.8 Å². The number of carboxylic acids is 1. The highest BCUT2D eigenvalue weighted by atomic mass is 16.4. The second kappa shape index (κ2) is 6.41. The molecule has 5 nitrogen and oxygen atoms in total. The van der Waals surface area contributed by atoms with Crippen LogP contribution in [0.5, 0.6) is 0 Å². The molecule has 0 atom stereocenters. The van der Waals surface area contributed by atoms with Crippen molar-refractivity contribution >= 4 is 5.97 Å². The van der Waals surface area contributed by atoms with Crippen LogP contribution < -0.4 is 0 Å². The molecule has 2 heterocycles. The zero-order chi connectivity index (χ0) is 14.7. The summed E-state index contributed by atoms with van der Waals surface area (Å²) in [7, 11) is 4.23. The maximum Gasteiger partial charge on any atom is 0.372 e. The first-order valence-electron chi connectivity index (χ1n) is 7.15. The van der Waals surface area contributed by atoms with E-state index in [0.717, 1.165) is 31.3 Å². The van der Waals surface area contributed by atoms with Crippen LogP contribution in [-0.2, 0) is 6.54 Å². The number of carboxylic acid groups (broad SMARTS) is 1. The lowest BCUT2D eigenvalue weighted by Crippen LogP contribution is -2.36. The number of aromatic carboxylic acids is 1. The number of hydrogen-bond acceptors (Lipinski definition) is 4. The van der Waals surface area contributed by atoms with E-state index in [9.17, 15) is 4.79 Å². The molecule has 1 aromatic rings. The van der Waals surface area contributed by atoms with Crippen molar-refractivity contribution in [2.75, 3.05) is 33.7 Å². The monoisotopic (exact) mass is 280 g/mol. The highest BCUT2D eigenvalue weighted by molar-refractivity contribution is 5.86. The van der Waals surface area contributed by atoms with E-state index in [-0.39, 0.29) is 5.76 Å². The van der Waals surface area contributed by atoms with Gasteiger partial charge in [-0.15, -0.1) is 0 Å². The van der Waals surface area contributed by atoms with Crippen LogP contribution in [0.2, 0.25) is 0 Å². The molecule has 0 aliphatic carbocycles. The predicted octanol–water partition coefficient (Wildman–Crippen LogP) is 2.06. The van der Waals surface area contributed by atoms with E-state index in [2.05, 4.69) is 23.9 Å². The van der Waals surface area contributed by atoms with Gasteiger partial charge in [-0.2, -0.15) is 0 Å². The fourth-order valence-corrected chi connectivity index (χ4v) is 2.90. The van der Waals surface area contributed by atoms with Crippen molar-refractivity contribution in [3.8, 4) is 0 Å².